The number of hydrogen-bond acceptors (Lipinski definition) is 3. The van der Waals surface area contributed by atoms with Crippen molar-refractivity contribution in [2.24, 2.45) is 4.99 Å². The summed E-state index contributed by atoms with van der Waals surface area (Å²) in [5.74, 6) is -0.816. The molecule has 2 aliphatic heterocycles. The molecule has 0 aliphatic carbocycles. The molecule has 6 nitrogen and oxygen atoms in total. The van der Waals surface area contributed by atoms with Crippen molar-refractivity contribution in [3.8, 4) is 0 Å². The Balaban J connectivity index is 1.89. The number of amides is 2. The van der Waals surface area contributed by atoms with Gasteiger partial charge >= 0.3 is 6.09 Å². The minimum Gasteiger partial charge on any atom is -0.465 e. The van der Waals surface area contributed by atoms with Crippen LogP contribution in [0.5, 0.6) is 0 Å². The predicted octanol–water partition coefficient (Wildman–Crippen LogP) is 1.87. The molecule has 1 fully saturated rings. The van der Waals surface area contributed by atoms with Crippen molar-refractivity contribution < 1.29 is 19.1 Å². The van der Waals surface area contributed by atoms with Gasteiger partial charge < -0.3 is 15.3 Å². The van der Waals surface area contributed by atoms with Crippen LogP contribution in [0.15, 0.2) is 23.2 Å². The van der Waals surface area contributed by atoms with Crippen molar-refractivity contribution in [3.63, 3.8) is 0 Å². The van der Waals surface area contributed by atoms with Gasteiger partial charge in [-0.3, -0.25) is 9.79 Å². The van der Waals surface area contributed by atoms with E-state index in [1.54, 1.807) is 6.07 Å². The van der Waals surface area contributed by atoms with Crippen LogP contribution in [0, 0.1) is 5.82 Å². The second kappa shape index (κ2) is 5.24. The average molecular weight is 326 g/mol. The fourth-order valence-corrected chi connectivity index (χ4v) is 2.91. The molecule has 1 saturated heterocycles. The summed E-state index contributed by atoms with van der Waals surface area (Å²) in [6.45, 7) is 0.440. The van der Waals surface area contributed by atoms with Gasteiger partial charge in [0.25, 0.3) is 5.91 Å². The fourth-order valence-electron chi connectivity index (χ4n) is 2.74. The first-order valence-electron chi connectivity index (χ1n) is 6.76. The maximum atomic E-state index is 14.1. The number of likely N-dealkylation sites (tertiary alicyclic amines) is 1. The molecule has 1 spiro atoms. The Labute approximate surface area is 130 Å². The van der Waals surface area contributed by atoms with Crippen LogP contribution in [-0.4, -0.2) is 46.5 Å². The Bertz CT molecular complexity index is 684. The molecule has 3 rings (SSSR count). The molecule has 2 heterocycles. The molecule has 8 heteroatoms. The van der Waals surface area contributed by atoms with Crippen LogP contribution < -0.4 is 5.32 Å². The summed E-state index contributed by atoms with van der Waals surface area (Å²) < 4.78 is 14.1. The van der Waals surface area contributed by atoms with E-state index in [9.17, 15) is 14.0 Å². The largest absolute Gasteiger partial charge is 0.465 e. The molecule has 2 aliphatic rings. The van der Waals surface area contributed by atoms with E-state index in [0.717, 1.165) is 0 Å². The zero-order valence-corrected chi connectivity index (χ0v) is 12.2. The van der Waals surface area contributed by atoms with Gasteiger partial charge in [0.2, 0.25) is 0 Å². The van der Waals surface area contributed by atoms with E-state index in [1.165, 1.54) is 17.0 Å². The number of piperidine rings is 1. The lowest BCUT2D eigenvalue weighted by Crippen LogP contribution is -2.50. The Hall–Kier alpha value is -2.15. The number of carboxylic acid groups (broad SMARTS) is 1. The number of aliphatic imine (C=N–C) groups is 1. The van der Waals surface area contributed by atoms with Crippen LogP contribution in [-0.2, 0) is 4.79 Å². The van der Waals surface area contributed by atoms with Crippen molar-refractivity contribution in [1.82, 2.24) is 10.2 Å². The van der Waals surface area contributed by atoms with E-state index in [1.807, 2.05) is 0 Å². The summed E-state index contributed by atoms with van der Waals surface area (Å²) in [4.78, 5) is 28.8. The van der Waals surface area contributed by atoms with Crippen molar-refractivity contribution in [3.05, 3.63) is 34.6 Å². The van der Waals surface area contributed by atoms with Crippen LogP contribution in [0.2, 0.25) is 5.02 Å². The zero-order chi connectivity index (χ0) is 15.9. The Kier molecular flexibility index (Phi) is 3.52. The lowest BCUT2D eigenvalue weighted by Gasteiger charge is -2.33. The molecule has 116 valence electrons. The molecule has 0 atom stereocenters. The lowest BCUT2D eigenvalue weighted by atomic mass is 9.88. The molecule has 0 radical (unpaired) electrons. The SMILES string of the molecule is O=C(O)N1CCC2(CC1)N=C(c1cccc(Cl)c1F)NC2=O. The smallest absolute Gasteiger partial charge is 0.407 e. The highest BCUT2D eigenvalue weighted by molar-refractivity contribution is 6.31. The second-order valence-corrected chi connectivity index (χ2v) is 5.72. The molecular formula is C14H13ClFN3O3. The van der Waals surface area contributed by atoms with Gasteiger partial charge in [0, 0.05) is 13.1 Å². The van der Waals surface area contributed by atoms with E-state index in [4.69, 9.17) is 16.7 Å². The number of benzene rings is 1. The molecule has 0 unspecified atom stereocenters. The van der Waals surface area contributed by atoms with E-state index in [-0.39, 0.29) is 48.3 Å². The molecule has 0 bridgehead atoms. The third-order valence-electron chi connectivity index (χ3n) is 4.05. The minimum absolute atomic E-state index is 0.0453. The van der Waals surface area contributed by atoms with Crippen LogP contribution in [0.3, 0.4) is 0 Å². The number of carbonyl (C=O) groups is 2. The number of hydrogen-bond donors (Lipinski definition) is 2. The number of halogens is 2. The van der Waals surface area contributed by atoms with Gasteiger partial charge in [-0.25, -0.2) is 9.18 Å². The topological polar surface area (TPSA) is 82.0 Å². The first kappa shape index (κ1) is 14.8. The Morgan fingerprint density at radius 3 is 2.73 bits per heavy atom. The van der Waals surface area contributed by atoms with E-state index in [0.29, 0.717) is 0 Å². The summed E-state index contributed by atoms with van der Waals surface area (Å²) in [6, 6.07) is 4.48. The fraction of sp³-hybridized carbons (Fsp3) is 0.357. The van der Waals surface area contributed by atoms with Crippen LogP contribution in [0.4, 0.5) is 9.18 Å². The number of rotatable bonds is 1. The average Bonchev–Trinajstić information content (AvgIpc) is 2.79. The number of nitrogens with one attached hydrogen (secondary N) is 1. The molecule has 1 aromatic carbocycles. The Morgan fingerprint density at radius 2 is 2.09 bits per heavy atom. The van der Waals surface area contributed by atoms with Gasteiger partial charge in [-0.15, -0.1) is 0 Å². The maximum Gasteiger partial charge on any atom is 0.407 e. The molecular weight excluding hydrogens is 313 g/mol. The summed E-state index contributed by atoms with van der Waals surface area (Å²) in [7, 11) is 0. The van der Waals surface area contributed by atoms with Gasteiger partial charge in [0.05, 0.1) is 10.6 Å². The standard InChI is InChI=1S/C14H13ClFN3O3/c15-9-3-1-2-8(10(9)16)11-17-12(20)14(18-11)4-6-19(7-5-14)13(21)22/h1-3H,4-7H2,(H,21,22)(H,17,18,20). The quantitative estimate of drug-likeness (QED) is 0.827. The molecule has 0 aromatic heterocycles. The van der Waals surface area contributed by atoms with Crippen molar-refractivity contribution >= 4 is 29.4 Å². The number of nitrogens with zero attached hydrogens (tertiary/aromatic N) is 2. The lowest BCUT2D eigenvalue weighted by molar-refractivity contribution is -0.125. The van der Waals surface area contributed by atoms with Crippen LogP contribution in [0.25, 0.3) is 0 Å². The summed E-state index contributed by atoms with van der Waals surface area (Å²) >= 11 is 5.75. The van der Waals surface area contributed by atoms with Gasteiger partial charge in [0.1, 0.15) is 11.4 Å². The van der Waals surface area contributed by atoms with Crippen molar-refractivity contribution in [2.45, 2.75) is 18.4 Å². The first-order valence-corrected chi connectivity index (χ1v) is 7.14. The summed E-state index contributed by atoms with van der Waals surface area (Å²) in [6.07, 6.45) is -0.466. The maximum absolute atomic E-state index is 14.1. The van der Waals surface area contributed by atoms with Gasteiger partial charge in [-0.1, -0.05) is 17.7 Å². The third-order valence-corrected chi connectivity index (χ3v) is 4.34. The van der Waals surface area contributed by atoms with Crippen LogP contribution in [0.1, 0.15) is 18.4 Å². The van der Waals surface area contributed by atoms with E-state index in [2.05, 4.69) is 10.3 Å². The van der Waals surface area contributed by atoms with Gasteiger partial charge in [-0.05, 0) is 25.0 Å². The molecule has 22 heavy (non-hydrogen) atoms. The molecule has 2 N–H and O–H groups in total. The summed E-state index contributed by atoms with van der Waals surface area (Å²) in [5, 5.41) is 11.5. The monoisotopic (exact) mass is 325 g/mol. The molecule has 0 saturated carbocycles. The molecule has 1 aromatic rings. The highest BCUT2D eigenvalue weighted by atomic mass is 35.5. The highest BCUT2D eigenvalue weighted by Gasteiger charge is 2.46. The predicted molar refractivity (Wildman–Crippen MR) is 77.7 cm³/mol. The van der Waals surface area contributed by atoms with Crippen molar-refractivity contribution in [1.29, 1.82) is 0 Å². The van der Waals surface area contributed by atoms with Gasteiger partial charge in [-0.2, -0.15) is 0 Å². The Morgan fingerprint density at radius 1 is 1.41 bits per heavy atom. The first-order chi connectivity index (χ1) is 10.4. The van der Waals surface area contributed by atoms with Crippen molar-refractivity contribution in [2.75, 3.05) is 13.1 Å². The van der Waals surface area contributed by atoms with Gasteiger partial charge in [0.15, 0.2) is 5.82 Å². The number of carbonyl (C=O) groups excluding carboxylic acids is 1. The van der Waals surface area contributed by atoms with Crippen LogP contribution >= 0.6 is 11.6 Å². The minimum atomic E-state index is -1.02. The van der Waals surface area contributed by atoms with E-state index < -0.39 is 17.4 Å². The van der Waals surface area contributed by atoms with E-state index >= 15 is 0 Å². The third kappa shape index (κ3) is 2.31. The number of amidine groups is 1. The normalized spacial score (nSPS) is 20.0. The summed E-state index contributed by atoms with van der Waals surface area (Å²) in [5.41, 5.74) is -0.880. The molecule has 2 amide bonds. The zero-order valence-electron chi connectivity index (χ0n) is 11.5. The second-order valence-electron chi connectivity index (χ2n) is 5.32. The highest BCUT2D eigenvalue weighted by Crippen LogP contribution is 2.32.